The molecule has 1 aliphatic rings. The van der Waals surface area contributed by atoms with Gasteiger partial charge in [-0.3, -0.25) is 4.90 Å². The number of hydrogen-bond acceptors (Lipinski definition) is 4. The van der Waals surface area contributed by atoms with E-state index in [1.54, 1.807) is 0 Å². The predicted molar refractivity (Wildman–Crippen MR) is 76.8 cm³/mol. The third-order valence-electron chi connectivity index (χ3n) is 3.83. The van der Waals surface area contributed by atoms with E-state index in [1.165, 1.54) is 32.4 Å². The van der Waals surface area contributed by atoms with Gasteiger partial charge < -0.3 is 9.84 Å². The molecule has 1 fully saturated rings. The fourth-order valence-electron chi connectivity index (χ4n) is 2.61. The van der Waals surface area contributed by atoms with E-state index in [9.17, 15) is 0 Å². The zero-order chi connectivity index (χ0) is 13.5. The van der Waals surface area contributed by atoms with Gasteiger partial charge in [0.1, 0.15) is 0 Å². The van der Waals surface area contributed by atoms with Crippen molar-refractivity contribution in [3.05, 3.63) is 17.5 Å². The normalized spacial score (nSPS) is 21.5. The first-order chi connectivity index (χ1) is 9.28. The molecule has 4 nitrogen and oxygen atoms in total. The van der Waals surface area contributed by atoms with Gasteiger partial charge in [0.15, 0.2) is 5.76 Å². The highest BCUT2D eigenvalue weighted by Gasteiger charge is 2.15. The minimum absolute atomic E-state index is 0.814. The molecule has 0 spiro atoms. The Morgan fingerprint density at radius 1 is 1.42 bits per heavy atom. The zero-order valence-electron chi connectivity index (χ0n) is 12.3. The second kappa shape index (κ2) is 7.65. The lowest BCUT2D eigenvalue weighted by Crippen LogP contribution is -2.23. The summed E-state index contributed by atoms with van der Waals surface area (Å²) < 4.78 is 5.43. The van der Waals surface area contributed by atoms with Gasteiger partial charge in [-0.1, -0.05) is 19.0 Å². The van der Waals surface area contributed by atoms with Crippen LogP contribution in [0, 0.1) is 5.92 Å². The number of aromatic nitrogens is 1. The molecule has 2 heterocycles. The maximum atomic E-state index is 5.43. The summed E-state index contributed by atoms with van der Waals surface area (Å²) in [6.45, 7) is 9.66. The quantitative estimate of drug-likeness (QED) is 0.803. The molecule has 1 saturated heterocycles. The summed E-state index contributed by atoms with van der Waals surface area (Å²) in [6.07, 6.45) is 5.12. The highest BCUT2D eigenvalue weighted by Crippen LogP contribution is 2.18. The molecule has 0 saturated carbocycles. The second-order valence-electron chi connectivity index (χ2n) is 5.77. The van der Waals surface area contributed by atoms with Gasteiger partial charge in [0.05, 0.1) is 12.2 Å². The molecule has 1 aromatic heterocycles. The van der Waals surface area contributed by atoms with Crippen LogP contribution in [0.5, 0.6) is 0 Å². The van der Waals surface area contributed by atoms with Gasteiger partial charge in [0.25, 0.3) is 0 Å². The molecule has 108 valence electrons. The maximum Gasteiger partial charge on any atom is 0.151 e. The average molecular weight is 265 g/mol. The zero-order valence-corrected chi connectivity index (χ0v) is 12.3. The number of hydrogen-bond donors (Lipinski definition) is 1. The lowest BCUT2D eigenvalue weighted by molar-refractivity contribution is 0.236. The van der Waals surface area contributed by atoms with Crippen LogP contribution in [0.2, 0.25) is 0 Å². The number of nitrogens with zero attached hydrogens (tertiary/aromatic N) is 2. The van der Waals surface area contributed by atoms with Crippen molar-refractivity contribution in [2.45, 2.75) is 52.6 Å². The van der Waals surface area contributed by atoms with Crippen LogP contribution in [0.3, 0.4) is 0 Å². The summed E-state index contributed by atoms with van der Waals surface area (Å²) >= 11 is 0. The third kappa shape index (κ3) is 4.96. The Bertz CT molecular complexity index is 364. The molecular formula is C15H27N3O. The molecule has 0 aliphatic carbocycles. The van der Waals surface area contributed by atoms with Gasteiger partial charge in [-0.25, -0.2) is 0 Å². The van der Waals surface area contributed by atoms with E-state index >= 15 is 0 Å². The van der Waals surface area contributed by atoms with Crippen LogP contribution in [0.1, 0.15) is 51.0 Å². The SMILES string of the molecule is CCCNCc1cc(CN2CCCC(C)CC2)on1. The molecule has 1 aliphatic heterocycles. The average Bonchev–Trinajstić information content (AvgIpc) is 2.73. The Labute approximate surface area is 116 Å². The molecule has 2 rings (SSSR count). The topological polar surface area (TPSA) is 41.3 Å². The fourth-order valence-corrected chi connectivity index (χ4v) is 2.61. The number of rotatable bonds is 6. The third-order valence-corrected chi connectivity index (χ3v) is 3.83. The minimum Gasteiger partial charge on any atom is -0.360 e. The summed E-state index contributed by atoms with van der Waals surface area (Å²) in [4.78, 5) is 2.49. The van der Waals surface area contributed by atoms with E-state index in [0.717, 1.165) is 43.4 Å². The Morgan fingerprint density at radius 3 is 3.16 bits per heavy atom. The Hall–Kier alpha value is -0.870. The molecule has 4 heteroatoms. The van der Waals surface area contributed by atoms with Gasteiger partial charge >= 0.3 is 0 Å². The molecule has 19 heavy (non-hydrogen) atoms. The second-order valence-corrected chi connectivity index (χ2v) is 5.77. The van der Waals surface area contributed by atoms with Gasteiger partial charge in [-0.2, -0.15) is 0 Å². The highest BCUT2D eigenvalue weighted by molar-refractivity contribution is 5.05. The van der Waals surface area contributed by atoms with Crippen molar-refractivity contribution in [1.82, 2.24) is 15.4 Å². The van der Waals surface area contributed by atoms with E-state index in [4.69, 9.17) is 4.52 Å². The van der Waals surface area contributed by atoms with Crippen LogP contribution in [0.25, 0.3) is 0 Å². The lowest BCUT2D eigenvalue weighted by Gasteiger charge is -2.17. The Balaban J connectivity index is 1.78. The fraction of sp³-hybridized carbons (Fsp3) is 0.800. The summed E-state index contributed by atoms with van der Waals surface area (Å²) in [5.74, 6) is 1.87. The van der Waals surface area contributed by atoms with Gasteiger partial charge in [-0.15, -0.1) is 0 Å². The van der Waals surface area contributed by atoms with Crippen LogP contribution < -0.4 is 5.32 Å². The number of nitrogens with one attached hydrogen (secondary N) is 1. The van der Waals surface area contributed by atoms with E-state index < -0.39 is 0 Å². The first-order valence-electron chi connectivity index (χ1n) is 7.65. The van der Waals surface area contributed by atoms with Crippen molar-refractivity contribution < 1.29 is 4.52 Å². The van der Waals surface area contributed by atoms with Crippen LogP contribution in [-0.2, 0) is 13.1 Å². The molecule has 0 aromatic carbocycles. The smallest absolute Gasteiger partial charge is 0.151 e. The van der Waals surface area contributed by atoms with Crippen LogP contribution in [0.4, 0.5) is 0 Å². The van der Waals surface area contributed by atoms with Crippen molar-refractivity contribution in [2.24, 2.45) is 5.92 Å². The molecular weight excluding hydrogens is 238 g/mol. The monoisotopic (exact) mass is 265 g/mol. The van der Waals surface area contributed by atoms with E-state index in [-0.39, 0.29) is 0 Å². The predicted octanol–water partition coefficient (Wildman–Crippen LogP) is 2.80. The molecule has 1 unspecified atom stereocenters. The van der Waals surface area contributed by atoms with Crippen molar-refractivity contribution in [2.75, 3.05) is 19.6 Å². The summed E-state index contributed by atoms with van der Waals surface area (Å²) in [5, 5.41) is 7.48. The van der Waals surface area contributed by atoms with Crippen molar-refractivity contribution in [1.29, 1.82) is 0 Å². The van der Waals surface area contributed by atoms with Crippen molar-refractivity contribution >= 4 is 0 Å². The standard InChI is InChI=1S/C15H27N3O/c1-3-7-16-11-14-10-15(19-17-14)12-18-8-4-5-13(2)6-9-18/h10,13,16H,3-9,11-12H2,1-2H3. The van der Waals surface area contributed by atoms with E-state index in [2.05, 4.69) is 35.3 Å². The van der Waals surface area contributed by atoms with Crippen molar-refractivity contribution in [3.8, 4) is 0 Å². The maximum absolute atomic E-state index is 5.43. The largest absolute Gasteiger partial charge is 0.360 e. The van der Waals surface area contributed by atoms with Gasteiger partial charge in [0, 0.05) is 12.6 Å². The van der Waals surface area contributed by atoms with E-state index in [1.807, 2.05) is 0 Å². The molecule has 1 atom stereocenters. The molecule has 0 bridgehead atoms. The summed E-state index contributed by atoms with van der Waals surface area (Å²) in [6, 6.07) is 2.09. The molecule has 0 radical (unpaired) electrons. The first-order valence-corrected chi connectivity index (χ1v) is 7.65. The first kappa shape index (κ1) is 14.5. The summed E-state index contributed by atoms with van der Waals surface area (Å²) in [5.41, 5.74) is 1.02. The number of likely N-dealkylation sites (tertiary alicyclic amines) is 1. The molecule has 0 amide bonds. The van der Waals surface area contributed by atoms with Gasteiger partial charge in [-0.05, 0) is 51.2 Å². The van der Waals surface area contributed by atoms with Gasteiger partial charge in [0.2, 0.25) is 0 Å². The Kier molecular flexibility index (Phi) is 5.86. The van der Waals surface area contributed by atoms with Crippen LogP contribution >= 0.6 is 0 Å². The van der Waals surface area contributed by atoms with Crippen molar-refractivity contribution in [3.63, 3.8) is 0 Å². The molecule has 1 N–H and O–H groups in total. The highest BCUT2D eigenvalue weighted by atomic mass is 16.5. The minimum atomic E-state index is 0.814. The van der Waals surface area contributed by atoms with Crippen LogP contribution in [-0.4, -0.2) is 29.7 Å². The Morgan fingerprint density at radius 2 is 2.32 bits per heavy atom. The van der Waals surface area contributed by atoms with E-state index in [0.29, 0.717) is 0 Å². The summed E-state index contributed by atoms with van der Waals surface area (Å²) in [7, 11) is 0. The lowest BCUT2D eigenvalue weighted by atomic mass is 10.0. The molecule has 1 aromatic rings. The van der Waals surface area contributed by atoms with Crippen LogP contribution in [0.15, 0.2) is 10.6 Å².